The number of likely N-dealkylation sites (tertiary alicyclic amines) is 1. The molecule has 0 aliphatic carbocycles. The molecule has 1 atom stereocenters. The molecule has 4 rings (SSSR count). The van der Waals surface area contributed by atoms with E-state index in [1.54, 1.807) is 14.2 Å². The Labute approximate surface area is 176 Å². The van der Waals surface area contributed by atoms with E-state index in [4.69, 9.17) is 13.9 Å². The molecule has 6 nitrogen and oxygen atoms in total. The van der Waals surface area contributed by atoms with Crippen LogP contribution in [0.2, 0.25) is 0 Å². The fourth-order valence-corrected chi connectivity index (χ4v) is 4.16. The molecular formula is C24H28N2O4. The molecule has 2 aromatic carbocycles. The van der Waals surface area contributed by atoms with Gasteiger partial charge in [0.1, 0.15) is 17.1 Å². The Kier molecular flexibility index (Phi) is 5.95. The van der Waals surface area contributed by atoms with E-state index in [0.717, 1.165) is 29.8 Å². The van der Waals surface area contributed by atoms with Crippen LogP contribution in [0, 0.1) is 6.92 Å². The van der Waals surface area contributed by atoms with Crippen molar-refractivity contribution < 1.29 is 18.7 Å². The zero-order chi connectivity index (χ0) is 21.1. The van der Waals surface area contributed by atoms with Crippen LogP contribution < -0.4 is 14.8 Å². The highest BCUT2D eigenvalue weighted by Crippen LogP contribution is 2.29. The van der Waals surface area contributed by atoms with E-state index in [9.17, 15) is 4.79 Å². The fraction of sp³-hybridized carbons (Fsp3) is 0.375. The average Bonchev–Trinajstić information content (AvgIpc) is 3.42. The third-order valence-corrected chi connectivity index (χ3v) is 5.89. The molecule has 6 heteroatoms. The standard InChI is InChI=1S/C24H28N2O4/c1-16-20-11-10-19(29-3)14-22(20)30-23(16)24(27)25-15-21(26-12-4-5-13-26)17-6-8-18(28-2)9-7-17/h6-11,14,21H,4-5,12-13,15H2,1-3H3,(H,25,27). The number of rotatable bonds is 7. The number of nitrogens with one attached hydrogen (secondary N) is 1. The molecule has 0 radical (unpaired) electrons. The monoisotopic (exact) mass is 408 g/mol. The van der Waals surface area contributed by atoms with Gasteiger partial charge in [0.05, 0.1) is 20.3 Å². The molecule has 158 valence electrons. The van der Waals surface area contributed by atoms with Crippen LogP contribution in [0.4, 0.5) is 0 Å². The van der Waals surface area contributed by atoms with Crippen molar-refractivity contribution >= 4 is 16.9 Å². The Morgan fingerprint density at radius 1 is 1.07 bits per heavy atom. The molecular weight excluding hydrogens is 380 g/mol. The largest absolute Gasteiger partial charge is 0.497 e. The number of carbonyl (C=O) groups is 1. The van der Waals surface area contributed by atoms with E-state index in [1.165, 1.54) is 18.4 Å². The number of hydrogen-bond donors (Lipinski definition) is 1. The lowest BCUT2D eigenvalue weighted by Crippen LogP contribution is -2.36. The van der Waals surface area contributed by atoms with E-state index in [0.29, 0.717) is 23.6 Å². The Morgan fingerprint density at radius 2 is 1.73 bits per heavy atom. The van der Waals surface area contributed by atoms with Crippen molar-refractivity contribution in [2.24, 2.45) is 0 Å². The fourth-order valence-electron chi connectivity index (χ4n) is 4.16. The molecule has 1 amide bonds. The molecule has 1 aromatic heterocycles. The van der Waals surface area contributed by atoms with Crippen molar-refractivity contribution in [2.75, 3.05) is 33.9 Å². The first-order valence-corrected chi connectivity index (χ1v) is 10.3. The van der Waals surface area contributed by atoms with Crippen LogP contribution in [0.1, 0.15) is 40.6 Å². The van der Waals surface area contributed by atoms with Crippen LogP contribution in [0.5, 0.6) is 11.5 Å². The van der Waals surface area contributed by atoms with Crippen LogP contribution >= 0.6 is 0 Å². The number of fused-ring (bicyclic) bond motifs is 1. The Balaban J connectivity index is 1.53. The number of furan rings is 1. The number of aryl methyl sites for hydroxylation is 1. The zero-order valence-corrected chi connectivity index (χ0v) is 17.7. The minimum Gasteiger partial charge on any atom is -0.497 e. The van der Waals surface area contributed by atoms with Gasteiger partial charge in [-0.15, -0.1) is 0 Å². The maximum atomic E-state index is 13.0. The van der Waals surface area contributed by atoms with Crippen molar-refractivity contribution in [3.8, 4) is 11.5 Å². The molecule has 0 bridgehead atoms. The van der Waals surface area contributed by atoms with Gasteiger partial charge in [-0.2, -0.15) is 0 Å². The Bertz CT molecular complexity index is 1020. The summed E-state index contributed by atoms with van der Waals surface area (Å²) < 4.78 is 16.4. The molecule has 0 spiro atoms. The van der Waals surface area contributed by atoms with Gasteiger partial charge in [0.25, 0.3) is 5.91 Å². The van der Waals surface area contributed by atoms with Crippen molar-refractivity contribution in [1.82, 2.24) is 10.2 Å². The number of carbonyl (C=O) groups excluding carboxylic acids is 1. The lowest BCUT2D eigenvalue weighted by atomic mass is 10.0. The van der Waals surface area contributed by atoms with Gasteiger partial charge in [0, 0.05) is 23.6 Å². The summed E-state index contributed by atoms with van der Waals surface area (Å²) in [7, 11) is 3.28. The molecule has 0 saturated carbocycles. The summed E-state index contributed by atoms with van der Waals surface area (Å²) in [6, 6.07) is 13.8. The van der Waals surface area contributed by atoms with E-state index >= 15 is 0 Å². The summed E-state index contributed by atoms with van der Waals surface area (Å²) in [5.74, 6) is 1.70. The highest BCUT2D eigenvalue weighted by molar-refractivity contribution is 5.99. The number of nitrogens with zero attached hydrogens (tertiary/aromatic N) is 1. The predicted molar refractivity (Wildman–Crippen MR) is 116 cm³/mol. The SMILES string of the molecule is COc1ccc(C(CNC(=O)c2oc3cc(OC)ccc3c2C)N2CCCC2)cc1. The molecule has 1 fully saturated rings. The number of ether oxygens (including phenoxy) is 2. The highest BCUT2D eigenvalue weighted by Gasteiger charge is 2.25. The predicted octanol–water partition coefficient (Wildman–Crippen LogP) is 4.33. The summed E-state index contributed by atoms with van der Waals surface area (Å²) in [5, 5.41) is 4.02. The number of hydrogen-bond acceptors (Lipinski definition) is 5. The normalized spacial score (nSPS) is 15.3. The Morgan fingerprint density at radius 3 is 2.40 bits per heavy atom. The molecule has 2 heterocycles. The van der Waals surface area contributed by atoms with Gasteiger partial charge in [-0.1, -0.05) is 12.1 Å². The van der Waals surface area contributed by atoms with Gasteiger partial charge in [-0.05, 0) is 62.7 Å². The minimum absolute atomic E-state index is 0.118. The van der Waals surface area contributed by atoms with Crippen molar-refractivity contribution in [1.29, 1.82) is 0 Å². The number of benzene rings is 2. The molecule has 1 N–H and O–H groups in total. The topological polar surface area (TPSA) is 63.9 Å². The van der Waals surface area contributed by atoms with Gasteiger partial charge in [-0.3, -0.25) is 9.69 Å². The van der Waals surface area contributed by atoms with Gasteiger partial charge in [0.2, 0.25) is 0 Å². The molecule has 1 unspecified atom stereocenters. The highest BCUT2D eigenvalue weighted by atomic mass is 16.5. The maximum Gasteiger partial charge on any atom is 0.287 e. The van der Waals surface area contributed by atoms with Crippen LogP contribution in [-0.4, -0.2) is 44.7 Å². The first kappa shape index (κ1) is 20.3. The summed E-state index contributed by atoms with van der Waals surface area (Å²) >= 11 is 0. The van der Waals surface area contributed by atoms with Crippen LogP contribution in [0.3, 0.4) is 0 Å². The molecule has 1 aliphatic rings. The summed E-state index contributed by atoms with van der Waals surface area (Å²) in [6.07, 6.45) is 2.37. The lowest BCUT2D eigenvalue weighted by Gasteiger charge is -2.28. The van der Waals surface area contributed by atoms with Crippen molar-refractivity contribution in [2.45, 2.75) is 25.8 Å². The second kappa shape index (κ2) is 8.79. The van der Waals surface area contributed by atoms with Gasteiger partial charge in [0.15, 0.2) is 5.76 Å². The first-order chi connectivity index (χ1) is 14.6. The van der Waals surface area contributed by atoms with Crippen molar-refractivity contribution in [3.05, 3.63) is 59.4 Å². The third kappa shape index (κ3) is 4.00. The second-order valence-corrected chi connectivity index (χ2v) is 7.66. The molecule has 3 aromatic rings. The summed E-state index contributed by atoms with van der Waals surface area (Å²) in [4.78, 5) is 15.4. The summed E-state index contributed by atoms with van der Waals surface area (Å²) in [6.45, 7) is 4.51. The maximum absolute atomic E-state index is 13.0. The minimum atomic E-state index is -0.194. The summed E-state index contributed by atoms with van der Waals surface area (Å²) in [5.41, 5.74) is 2.67. The first-order valence-electron chi connectivity index (χ1n) is 10.3. The lowest BCUT2D eigenvalue weighted by molar-refractivity contribution is 0.0911. The van der Waals surface area contributed by atoms with E-state index in [1.807, 2.05) is 37.3 Å². The van der Waals surface area contributed by atoms with E-state index < -0.39 is 0 Å². The number of methoxy groups -OCH3 is 2. The zero-order valence-electron chi connectivity index (χ0n) is 17.7. The molecule has 1 saturated heterocycles. The van der Waals surface area contributed by atoms with Crippen LogP contribution in [0.25, 0.3) is 11.0 Å². The third-order valence-electron chi connectivity index (χ3n) is 5.89. The smallest absolute Gasteiger partial charge is 0.287 e. The average molecular weight is 408 g/mol. The Hall–Kier alpha value is -2.99. The van der Waals surface area contributed by atoms with Crippen LogP contribution in [0.15, 0.2) is 46.9 Å². The van der Waals surface area contributed by atoms with Gasteiger partial charge < -0.3 is 19.2 Å². The van der Waals surface area contributed by atoms with Gasteiger partial charge >= 0.3 is 0 Å². The van der Waals surface area contributed by atoms with Crippen molar-refractivity contribution in [3.63, 3.8) is 0 Å². The van der Waals surface area contributed by atoms with Crippen LogP contribution in [-0.2, 0) is 0 Å². The molecule has 30 heavy (non-hydrogen) atoms. The van der Waals surface area contributed by atoms with E-state index in [-0.39, 0.29) is 11.9 Å². The van der Waals surface area contributed by atoms with E-state index in [2.05, 4.69) is 22.3 Å². The molecule has 1 aliphatic heterocycles. The van der Waals surface area contributed by atoms with Gasteiger partial charge in [-0.25, -0.2) is 0 Å². The number of amides is 1. The quantitative estimate of drug-likeness (QED) is 0.631. The second-order valence-electron chi connectivity index (χ2n) is 7.66.